The Labute approximate surface area is 159 Å². The minimum atomic E-state index is -0.151. The van der Waals surface area contributed by atoms with Crippen LogP contribution in [-0.4, -0.2) is 30.5 Å². The zero-order chi connectivity index (χ0) is 18.5. The lowest BCUT2D eigenvalue weighted by atomic mass is 10.0. The smallest absolute Gasteiger partial charge is 0.257 e. The molecule has 0 radical (unpaired) electrons. The van der Waals surface area contributed by atoms with E-state index in [0.717, 1.165) is 31.0 Å². The van der Waals surface area contributed by atoms with E-state index in [1.807, 2.05) is 18.2 Å². The fourth-order valence-corrected chi connectivity index (χ4v) is 3.35. The van der Waals surface area contributed by atoms with Crippen LogP contribution in [-0.2, 0) is 0 Å². The Balaban J connectivity index is 1.42. The minimum Gasteiger partial charge on any atom is -0.368 e. The van der Waals surface area contributed by atoms with Crippen molar-refractivity contribution in [2.45, 2.75) is 6.04 Å². The van der Waals surface area contributed by atoms with Gasteiger partial charge >= 0.3 is 0 Å². The van der Waals surface area contributed by atoms with Crippen molar-refractivity contribution in [3.05, 3.63) is 90.3 Å². The molecule has 27 heavy (non-hydrogen) atoms. The standard InChI is InChI=1S/C22H22N4O/c27-22(18-7-4-12-23-15-18)25-19-8-10-20(11-9-19)26-14-13-24-21(16-26)17-5-2-1-3-6-17/h1-12,15,21,24H,13-14,16H2,(H,25,27). The van der Waals surface area contributed by atoms with Crippen LogP contribution in [0.15, 0.2) is 79.1 Å². The van der Waals surface area contributed by atoms with Crippen LogP contribution in [0, 0.1) is 0 Å². The molecule has 5 nitrogen and oxygen atoms in total. The van der Waals surface area contributed by atoms with E-state index in [-0.39, 0.29) is 5.91 Å². The van der Waals surface area contributed by atoms with Gasteiger partial charge < -0.3 is 15.5 Å². The van der Waals surface area contributed by atoms with Crippen LogP contribution in [0.5, 0.6) is 0 Å². The molecule has 2 aromatic carbocycles. The molecule has 1 saturated heterocycles. The van der Waals surface area contributed by atoms with Gasteiger partial charge in [0.2, 0.25) is 0 Å². The molecule has 2 N–H and O–H groups in total. The van der Waals surface area contributed by atoms with Crippen LogP contribution in [0.4, 0.5) is 11.4 Å². The predicted molar refractivity (Wildman–Crippen MR) is 108 cm³/mol. The molecule has 5 heteroatoms. The molecule has 2 heterocycles. The van der Waals surface area contributed by atoms with Crippen LogP contribution in [0.3, 0.4) is 0 Å². The molecule has 1 unspecified atom stereocenters. The SMILES string of the molecule is O=C(Nc1ccc(N2CCNC(c3ccccc3)C2)cc1)c1cccnc1. The first-order valence-corrected chi connectivity index (χ1v) is 9.14. The maximum atomic E-state index is 12.2. The molecule has 0 aliphatic carbocycles. The number of hydrogen-bond donors (Lipinski definition) is 2. The van der Waals surface area contributed by atoms with Crippen molar-refractivity contribution < 1.29 is 4.79 Å². The zero-order valence-electron chi connectivity index (χ0n) is 15.0. The summed E-state index contributed by atoms with van der Waals surface area (Å²) in [6.45, 7) is 2.83. The highest BCUT2D eigenvalue weighted by Crippen LogP contribution is 2.24. The van der Waals surface area contributed by atoms with Crippen molar-refractivity contribution in [3.63, 3.8) is 0 Å². The molecule has 1 aromatic heterocycles. The Bertz CT molecular complexity index is 881. The van der Waals surface area contributed by atoms with Gasteiger partial charge in [-0.1, -0.05) is 30.3 Å². The molecule has 0 spiro atoms. The Hall–Kier alpha value is -3.18. The van der Waals surface area contributed by atoms with Gasteiger partial charge in [0.1, 0.15) is 0 Å². The fraction of sp³-hybridized carbons (Fsp3) is 0.182. The Morgan fingerprint density at radius 3 is 2.59 bits per heavy atom. The first kappa shape index (κ1) is 17.2. The van der Waals surface area contributed by atoms with Gasteiger partial charge in [0, 0.05) is 49.4 Å². The van der Waals surface area contributed by atoms with Gasteiger partial charge in [0.05, 0.1) is 5.56 Å². The summed E-state index contributed by atoms with van der Waals surface area (Å²) in [7, 11) is 0. The topological polar surface area (TPSA) is 57.3 Å². The molecule has 1 aliphatic rings. The van der Waals surface area contributed by atoms with Gasteiger partial charge in [-0.15, -0.1) is 0 Å². The highest BCUT2D eigenvalue weighted by Gasteiger charge is 2.20. The van der Waals surface area contributed by atoms with Crippen LogP contribution in [0.25, 0.3) is 0 Å². The van der Waals surface area contributed by atoms with Gasteiger partial charge in [-0.3, -0.25) is 9.78 Å². The highest BCUT2D eigenvalue weighted by molar-refractivity contribution is 6.04. The van der Waals surface area contributed by atoms with E-state index < -0.39 is 0 Å². The number of carbonyl (C=O) groups is 1. The number of piperazine rings is 1. The summed E-state index contributed by atoms with van der Waals surface area (Å²) in [6, 6.07) is 22.4. The molecule has 0 saturated carbocycles. The van der Waals surface area contributed by atoms with Gasteiger partial charge in [0.25, 0.3) is 5.91 Å². The van der Waals surface area contributed by atoms with Gasteiger partial charge in [-0.2, -0.15) is 0 Å². The lowest BCUT2D eigenvalue weighted by Gasteiger charge is -2.35. The summed E-state index contributed by atoms with van der Waals surface area (Å²) < 4.78 is 0. The minimum absolute atomic E-state index is 0.151. The first-order valence-electron chi connectivity index (χ1n) is 9.14. The summed E-state index contributed by atoms with van der Waals surface area (Å²) in [5.41, 5.74) is 3.80. The van der Waals surface area contributed by atoms with Crippen molar-refractivity contribution in [1.29, 1.82) is 0 Å². The molecule has 1 fully saturated rings. The second-order valence-corrected chi connectivity index (χ2v) is 6.61. The number of nitrogens with zero attached hydrogens (tertiary/aromatic N) is 2. The normalized spacial score (nSPS) is 16.7. The summed E-state index contributed by atoms with van der Waals surface area (Å²) in [5, 5.41) is 6.50. The van der Waals surface area contributed by atoms with Gasteiger partial charge in [-0.05, 0) is 42.0 Å². The number of nitrogens with one attached hydrogen (secondary N) is 2. The largest absolute Gasteiger partial charge is 0.368 e. The number of amides is 1. The van der Waals surface area contributed by atoms with E-state index in [4.69, 9.17) is 0 Å². The van der Waals surface area contributed by atoms with Crippen LogP contribution in [0.2, 0.25) is 0 Å². The molecule has 4 rings (SSSR count). The van der Waals surface area contributed by atoms with Crippen molar-refractivity contribution in [2.75, 3.05) is 29.9 Å². The lowest BCUT2D eigenvalue weighted by molar-refractivity contribution is 0.102. The van der Waals surface area contributed by atoms with Crippen LogP contribution in [0.1, 0.15) is 22.0 Å². The molecule has 0 bridgehead atoms. The average Bonchev–Trinajstić information content (AvgIpc) is 2.75. The number of pyridine rings is 1. The lowest BCUT2D eigenvalue weighted by Crippen LogP contribution is -2.45. The highest BCUT2D eigenvalue weighted by atomic mass is 16.1. The Morgan fingerprint density at radius 2 is 1.85 bits per heavy atom. The van der Waals surface area contributed by atoms with E-state index in [1.54, 1.807) is 24.5 Å². The van der Waals surface area contributed by atoms with E-state index >= 15 is 0 Å². The molecular weight excluding hydrogens is 336 g/mol. The van der Waals surface area contributed by atoms with Crippen LogP contribution < -0.4 is 15.5 Å². The number of hydrogen-bond acceptors (Lipinski definition) is 4. The third-order valence-corrected chi connectivity index (χ3v) is 4.79. The fourth-order valence-electron chi connectivity index (χ4n) is 3.35. The molecule has 3 aromatic rings. The van der Waals surface area contributed by atoms with E-state index in [2.05, 4.69) is 56.9 Å². The molecule has 1 aliphatic heterocycles. The number of benzene rings is 2. The van der Waals surface area contributed by atoms with Gasteiger partial charge in [0.15, 0.2) is 0 Å². The number of aromatic nitrogens is 1. The predicted octanol–water partition coefficient (Wildman–Crippen LogP) is 3.48. The number of anilines is 2. The molecule has 1 atom stereocenters. The third kappa shape index (κ3) is 4.15. The van der Waals surface area contributed by atoms with Crippen molar-refractivity contribution in [2.24, 2.45) is 0 Å². The second kappa shape index (κ2) is 8.01. The van der Waals surface area contributed by atoms with E-state index in [1.165, 1.54) is 5.56 Å². The van der Waals surface area contributed by atoms with Crippen LogP contribution >= 0.6 is 0 Å². The summed E-state index contributed by atoms with van der Waals surface area (Å²) >= 11 is 0. The second-order valence-electron chi connectivity index (χ2n) is 6.61. The quantitative estimate of drug-likeness (QED) is 0.750. The maximum Gasteiger partial charge on any atom is 0.257 e. The first-order chi connectivity index (χ1) is 13.3. The molecule has 1 amide bonds. The van der Waals surface area contributed by atoms with Crippen molar-refractivity contribution in [3.8, 4) is 0 Å². The molecular formula is C22H22N4O. The number of carbonyl (C=O) groups excluding carboxylic acids is 1. The third-order valence-electron chi connectivity index (χ3n) is 4.79. The molecule has 136 valence electrons. The monoisotopic (exact) mass is 358 g/mol. The maximum absolute atomic E-state index is 12.2. The Morgan fingerprint density at radius 1 is 1.04 bits per heavy atom. The summed E-state index contributed by atoms with van der Waals surface area (Å²) in [6.07, 6.45) is 3.22. The average molecular weight is 358 g/mol. The van der Waals surface area contributed by atoms with E-state index in [0.29, 0.717) is 11.6 Å². The van der Waals surface area contributed by atoms with Crippen molar-refractivity contribution >= 4 is 17.3 Å². The van der Waals surface area contributed by atoms with E-state index in [9.17, 15) is 4.79 Å². The summed E-state index contributed by atoms with van der Waals surface area (Å²) in [5.74, 6) is -0.151. The van der Waals surface area contributed by atoms with Crippen molar-refractivity contribution in [1.82, 2.24) is 10.3 Å². The van der Waals surface area contributed by atoms with Gasteiger partial charge in [-0.25, -0.2) is 0 Å². The summed E-state index contributed by atoms with van der Waals surface area (Å²) in [4.78, 5) is 18.6. The number of rotatable bonds is 4. The zero-order valence-corrected chi connectivity index (χ0v) is 15.0. The Kier molecular flexibility index (Phi) is 5.12.